The molecule has 0 saturated carbocycles. The molecule has 0 bridgehead atoms. The zero-order valence-electron chi connectivity index (χ0n) is 17.9. The topological polar surface area (TPSA) is 42.2 Å². The Kier molecular flexibility index (Phi) is 5.90. The molecule has 0 aliphatic carbocycles. The molecule has 0 aliphatic heterocycles. The predicted octanol–water partition coefficient (Wildman–Crippen LogP) is 6.93. The summed E-state index contributed by atoms with van der Waals surface area (Å²) in [6.07, 6.45) is 0. The van der Waals surface area contributed by atoms with Gasteiger partial charge in [-0.1, -0.05) is 42.5 Å². The summed E-state index contributed by atoms with van der Waals surface area (Å²) in [4.78, 5) is 13.8. The van der Waals surface area contributed by atoms with Crippen molar-refractivity contribution >= 4 is 22.7 Å². The first-order valence-corrected chi connectivity index (χ1v) is 11.6. The lowest BCUT2D eigenvalue weighted by atomic mass is 10.0. The number of aromatic nitrogens is 1. The Balaban J connectivity index is 1.55. The molecule has 0 unspecified atom stereocenters. The van der Waals surface area contributed by atoms with E-state index in [1.807, 2.05) is 30.3 Å². The number of pyridine rings is 1. The molecule has 3 nitrogen and oxygen atoms in total. The van der Waals surface area contributed by atoms with Gasteiger partial charge >= 0.3 is 0 Å². The Hall–Kier alpha value is -3.90. The van der Waals surface area contributed by atoms with Crippen LogP contribution in [0.1, 0.15) is 5.56 Å². The van der Waals surface area contributed by atoms with Crippen LogP contribution in [0, 0.1) is 11.6 Å². The van der Waals surface area contributed by atoms with Crippen LogP contribution in [0.25, 0.3) is 27.7 Å². The van der Waals surface area contributed by atoms with Crippen molar-refractivity contribution in [2.24, 2.45) is 0 Å². The van der Waals surface area contributed by atoms with Crippen molar-refractivity contribution in [1.29, 1.82) is 0 Å². The maximum Gasteiger partial charge on any atom is 0.255 e. The molecule has 5 aromatic rings. The van der Waals surface area contributed by atoms with Crippen LogP contribution in [0.3, 0.4) is 0 Å². The molecule has 168 valence electrons. The molecule has 0 amide bonds. The molecular formula is C28H19F2NO2S. The zero-order chi connectivity index (χ0) is 23.7. The molecule has 0 atom stereocenters. The number of fused-ring (bicyclic) bond motifs is 1. The van der Waals surface area contributed by atoms with Gasteiger partial charge in [-0.05, 0) is 59.0 Å². The van der Waals surface area contributed by atoms with Gasteiger partial charge in [0, 0.05) is 28.3 Å². The normalized spacial score (nSPS) is 11.1. The van der Waals surface area contributed by atoms with Crippen LogP contribution in [0.15, 0.2) is 107 Å². The lowest BCUT2D eigenvalue weighted by molar-refractivity contribution is 0.470. The van der Waals surface area contributed by atoms with Crippen molar-refractivity contribution in [1.82, 2.24) is 4.57 Å². The van der Waals surface area contributed by atoms with Crippen molar-refractivity contribution in [3.8, 4) is 22.6 Å². The third kappa shape index (κ3) is 4.32. The molecule has 1 aromatic heterocycles. The highest BCUT2D eigenvalue weighted by molar-refractivity contribution is 7.98. The van der Waals surface area contributed by atoms with Crippen molar-refractivity contribution in [3.05, 3.63) is 125 Å². The number of thioether (sulfide) groups is 1. The van der Waals surface area contributed by atoms with E-state index in [0.717, 1.165) is 22.1 Å². The Morgan fingerprint density at radius 2 is 1.65 bits per heavy atom. The predicted molar refractivity (Wildman–Crippen MR) is 133 cm³/mol. The number of nitrogens with zero attached hydrogens (tertiary/aromatic N) is 1. The van der Waals surface area contributed by atoms with E-state index >= 15 is 4.39 Å². The highest BCUT2D eigenvalue weighted by atomic mass is 32.2. The Bertz CT molecular complexity index is 1560. The van der Waals surface area contributed by atoms with Crippen LogP contribution >= 0.6 is 11.8 Å². The number of hydrogen-bond donors (Lipinski definition) is 1. The summed E-state index contributed by atoms with van der Waals surface area (Å²) < 4.78 is 29.9. The number of rotatable bonds is 5. The molecular weight excluding hydrogens is 452 g/mol. The monoisotopic (exact) mass is 471 g/mol. The second-order valence-electron chi connectivity index (χ2n) is 7.83. The van der Waals surface area contributed by atoms with E-state index in [2.05, 4.69) is 12.1 Å². The largest absolute Gasteiger partial charge is 0.506 e. The van der Waals surface area contributed by atoms with Crippen molar-refractivity contribution < 1.29 is 13.9 Å². The number of halogens is 2. The van der Waals surface area contributed by atoms with E-state index in [0.29, 0.717) is 11.1 Å². The average Bonchev–Trinajstić information content (AvgIpc) is 2.85. The molecule has 0 fully saturated rings. The van der Waals surface area contributed by atoms with Gasteiger partial charge < -0.3 is 5.11 Å². The van der Waals surface area contributed by atoms with Gasteiger partial charge in [-0.2, -0.15) is 0 Å². The average molecular weight is 472 g/mol. The Morgan fingerprint density at radius 1 is 0.824 bits per heavy atom. The number of hydrogen-bond acceptors (Lipinski definition) is 3. The zero-order valence-corrected chi connectivity index (χ0v) is 18.7. The third-order valence-electron chi connectivity index (χ3n) is 5.55. The van der Waals surface area contributed by atoms with Gasteiger partial charge in [0.25, 0.3) is 5.56 Å². The third-order valence-corrected chi connectivity index (χ3v) is 6.62. The molecule has 1 N–H and O–H groups in total. The van der Waals surface area contributed by atoms with Gasteiger partial charge in [-0.3, -0.25) is 9.36 Å². The summed E-state index contributed by atoms with van der Waals surface area (Å²) in [5.74, 6) is -0.652. The van der Waals surface area contributed by atoms with E-state index in [-0.39, 0.29) is 17.0 Å². The fourth-order valence-corrected chi connectivity index (χ4v) is 4.81. The maximum absolute atomic E-state index is 15.0. The molecule has 0 radical (unpaired) electrons. The van der Waals surface area contributed by atoms with Crippen LogP contribution in [0.5, 0.6) is 5.75 Å². The molecule has 1 heterocycles. The molecule has 34 heavy (non-hydrogen) atoms. The van der Waals surface area contributed by atoms with Gasteiger partial charge in [0.1, 0.15) is 17.4 Å². The van der Waals surface area contributed by atoms with Crippen molar-refractivity contribution in [3.63, 3.8) is 0 Å². The number of aromatic hydroxyl groups is 1. The lowest BCUT2D eigenvalue weighted by Crippen LogP contribution is -2.17. The van der Waals surface area contributed by atoms with Crippen LogP contribution in [0.4, 0.5) is 8.78 Å². The van der Waals surface area contributed by atoms with Crippen molar-refractivity contribution in [2.75, 3.05) is 0 Å². The van der Waals surface area contributed by atoms with E-state index < -0.39 is 17.2 Å². The van der Waals surface area contributed by atoms with E-state index in [1.165, 1.54) is 40.5 Å². The summed E-state index contributed by atoms with van der Waals surface area (Å²) in [5, 5.41) is 11.5. The van der Waals surface area contributed by atoms with E-state index in [1.54, 1.807) is 30.0 Å². The van der Waals surface area contributed by atoms with Crippen LogP contribution in [0.2, 0.25) is 0 Å². The van der Waals surface area contributed by atoms with E-state index in [9.17, 15) is 14.3 Å². The lowest BCUT2D eigenvalue weighted by Gasteiger charge is -2.14. The quantitative estimate of drug-likeness (QED) is 0.283. The fourth-order valence-electron chi connectivity index (χ4n) is 3.91. The first kappa shape index (κ1) is 21.9. The highest BCUT2D eigenvalue weighted by Gasteiger charge is 2.16. The van der Waals surface area contributed by atoms with Gasteiger partial charge in [0.05, 0.1) is 11.2 Å². The second kappa shape index (κ2) is 9.15. The van der Waals surface area contributed by atoms with Crippen LogP contribution in [-0.4, -0.2) is 9.67 Å². The molecule has 6 heteroatoms. The van der Waals surface area contributed by atoms with Gasteiger partial charge in [-0.15, -0.1) is 11.8 Å². The summed E-state index contributed by atoms with van der Waals surface area (Å²) >= 11 is 1.67. The second-order valence-corrected chi connectivity index (χ2v) is 8.88. The molecule has 4 aromatic carbocycles. The number of phenolic OH excluding ortho intramolecular Hbond substituents is 1. The summed E-state index contributed by atoms with van der Waals surface area (Å²) in [7, 11) is 0. The fraction of sp³-hybridized carbons (Fsp3) is 0.0357. The first-order chi connectivity index (χ1) is 16.5. The summed E-state index contributed by atoms with van der Waals surface area (Å²) in [6.45, 7) is 0. The minimum atomic E-state index is -0.669. The SMILES string of the molecule is O=c1ccc2cc(SCc3ccccc3)ccc2n1-c1cc(F)c(-c2cccc(F)c2)cc1O. The molecule has 0 aliphatic rings. The van der Waals surface area contributed by atoms with Crippen molar-refractivity contribution in [2.45, 2.75) is 10.6 Å². The number of phenols is 1. The van der Waals surface area contributed by atoms with Gasteiger partial charge in [0.15, 0.2) is 0 Å². The number of benzene rings is 4. The smallest absolute Gasteiger partial charge is 0.255 e. The Labute approximate surface area is 198 Å². The maximum atomic E-state index is 15.0. The summed E-state index contributed by atoms with van der Waals surface area (Å²) in [5.41, 5.74) is 1.72. The molecule has 5 rings (SSSR count). The summed E-state index contributed by atoms with van der Waals surface area (Å²) in [6, 6.07) is 26.7. The van der Waals surface area contributed by atoms with Crippen LogP contribution in [-0.2, 0) is 5.75 Å². The van der Waals surface area contributed by atoms with E-state index in [4.69, 9.17) is 0 Å². The Morgan fingerprint density at radius 3 is 2.44 bits per heavy atom. The van der Waals surface area contributed by atoms with Crippen LogP contribution < -0.4 is 5.56 Å². The first-order valence-electron chi connectivity index (χ1n) is 10.6. The minimum Gasteiger partial charge on any atom is -0.506 e. The molecule has 0 saturated heterocycles. The highest BCUT2D eigenvalue weighted by Crippen LogP contribution is 2.33. The van der Waals surface area contributed by atoms with Gasteiger partial charge in [0.2, 0.25) is 0 Å². The minimum absolute atomic E-state index is 0.0259. The molecule has 0 spiro atoms. The standard InChI is InChI=1S/C28H19F2NO2S/c29-21-8-4-7-19(13-21)23-15-27(32)26(16-24(23)30)31-25-11-10-22(14-20(25)9-12-28(31)33)34-17-18-5-2-1-3-6-18/h1-16,32H,17H2. The van der Waals surface area contributed by atoms with Gasteiger partial charge in [-0.25, -0.2) is 8.78 Å².